The third kappa shape index (κ3) is 5.38. The van der Waals surface area contributed by atoms with Crippen molar-refractivity contribution < 1.29 is 9.90 Å². The summed E-state index contributed by atoms with van der Waals surface area (Å²) >= 11 is 0. The molecule has 134 valence electrons. The van der Waals surface area contributed by atoms with E-state index in [9.17, 15) is 9.90 Å². The van der Waals surface area contributed by atoms with E-state index >= 15 is 0 Å². The molecule has 1 amide bonds. The normalized spacial score (nSPS) is 11.8. The largest absolute Gasteiger partial charge is 0.508 e. The SMILES string of the molecule is CCN(CC(CCC(N)=O)N(C)c1cccc(O)c1)c1cccnc1. The zero-order valence-electron chi connectivity index (χ0n) is 14.8. The summed E-state index contributed by atoms with van der Waals surface area (Å²) < 4.78 is 0. The molecule has 1 atom stereocenters. The Bertz CT molecular complexity index is 678. The number of aromatic hydroxyl groups is 1. The van der Waals surface area contributed by atoms with E-state index < -0.39 is 0 Å². The minimum Gasteiger partial charge on any atom is -0.508 e. The fourth-order valence-electron chi connectivity index (χ4n) is 2.85. The fraction of sp³-hybridized carbons (Fsp3) is 0.368. The number of phenols is 1. The number of aromatic nitrogens is 1. The van der Waals surface area contributed by atoms with E-state index in [1.54, 1.807) is 18.3 Å². The molecule has 1 heterocycles. The molecule has 0 radical (unpaired) electrons. The van der Waals surface area contributed by atoms with Gasteiger partial charge in [-0.05, 0) is 37.6 Å². The van der Waals surface area contributed by atoms with Crippen molar-refractivity contribution in [2.24, 2.45) is 5.73 Å². The van der Waals surface area contributed by atoms with Crippen LogP contribution in [-0.4, -0.2) is 42.2 Å². The van der Waals surface area contributed by atoms with Crippen LogP contribution in [0.5, 0.6) is 5.75 Å². The Morgan fingerprint density at radius 3 is 2.64 bits per heavy atom. The molecule has 6 heteroatoms. The van der Waals surface area contributed by atoms with Crippen LogP contribution in [0.1, 0.15) is 19.8 Å². The average molecular weight is 342 g/mol. The lowest BCUT2D eigenvalue weighted by molar-refractivity contribution is -0.118. The van der Waals surface area contributed by atoms with Gasteiger partial charge in [-0.25, -0.2) is 0 Å². The number of carbonyl (C=O) groups excluding carboxylic acids is 1. The highest BCUT2D eigenvalue weighted by Crippen LogP contribution is 2.23. The molecule has 2 rings (SSSR count). The van der Waals surface area contributed by atoms with E-state index in [-0.39, 0.29) is 17.7 Å². The number of nitrogens with zero attached hydrogens (tertiary/aromatic N) is 3. The molecule has 0 aliphatic rings. The number of hydrogen-bond acceptors (Lipinski definition) is 5. The van der Waals surface area contributed by atoms with Crippen molar-refractivity contribution in [2.75, 3.05) is 29.9 Å². The summed E-state index contributed by atoms with van der Waals surface area (Å²) in [5, 5.41) is 9.75. The molecule has 0 bridgehead atoms. The predicted molar refractivity (Wildman–Crippen MR) is 101 cm³/mol. The lowest BCUT2D eigenvalue weighted by atomic mass is 10.1. The van der Waals surface area contributed by atoms with Crippen molar-refractivity contribution in [1.29, 1.82) is 0 Å². The second kappa shape index (κ2) is 8.92. The minimum atomic E-state index is -0.307. The summed E-state index contributed by atoms with van der Waals surface area (Å²) in [4.78, 5) is 19.8. The molecule has 6 nitrogen and oxygen atoms in total. The van der Waals surface area contributed by atoms with Crippen LogP contribution in [0.4, 0.5) is 11.4 Å². The number of amides is 1. The number of phenolic OH excluding ortho intramolecular Hbond substituents is 1. The zero-order valence-corrected chi connectivity index (χ0v) is 14.8. The van der Waals surface area contributed by atoms with Crippen molar-refractivity contribution in [3.63, 3.8) is 0 Å². The van der Waals surface area contributed by atoms with Crippen LogP contribution in [0.15, 0.2) is 48.8 Å². The van der Waals surface area contributed by atoms with Gasteiger partial charge in [0.15, 0.2) is 0 Å². The number of hydrogen-bond donors (Lipinski definition) is 2. The van der Waals surface area contributed by atoms with Crippen LogP contribution in [0.2, 0.25) is 0 Å². The molecular weight excluding hydrogens is 316 g/mol. The second-order valence-electron chi connectivity index (χ2n) is 6.04. The van der Waals surface area contributed by atoms with Gasteiger partial charge in [-0.2, -0.15) is 0 Å². The van der Waals surface area contributed by atoms with E-state index in [4.69, 9.17) is 5.73 Å². The molecule has 2 aromatic rings. The Morgan fingerprint density at radius 1 is 1.28 bits per heavy atom. The summed E-state index contributed by atoms with van der Waals surface area (Å²) in [5.74, 6) is -0.0867. The van der Waals surface area contributed by atoms with Gasteiger partial charge in [-0.3, -0.25) is 9.78 Å². The molecule has 1 unspecified atom stereocenters. The van der Waals surface area contributed by atoms with Gasteiger partial charge < -0.3 is 20.6 Å². The number of likely N-dealkylation sites (N-methyl/N-ethyl adjacent to an activating group) is 2. The van der Waals surface area contributed by atoms with Crippen LogP contribution in [0.25, 0.3) is 0 Å². The highest BCUT2D eigenvalue weighted by Gasteiger charge is 2.20. The molecule has 1 aromatic carbocycles. The van der Waals surface area contributed by atoms with E-state index in [2.05, 4.69) is 21.7 Å². The highest BCUT2D eigenvalue weighted by molar-refractivity contribution is 5.73. The monoisotopic (exact) mass is 342 g/mol. The second-order valence-corrected chi connectivity index (χ2v) is 6.04. The smallest absolute Gasteiger partial charge is 0.217 e. The maximum absolute atomic E-state index is 11.3. The molecule has 0 saturated heterocycles. The molecule has 0 spiro atoms. The summed E-state index contributed by atoms with van der Waals surface area (Å²) in [7, 11) is 1.97. The molecular formula is C19H26N4O2. The van der Waals surface area contributed by atoms with Gasteiger partial charge in [0.25, 0.3) is 0 Å². The summed E-state index contributed by atoms with van der Waals surface area (Å²) in [6.45, 7) is 3.64. The van der Waals surface area contributed by atoms with Gasteiger partial charge in [0.05, 0.1) is 11.9 Å². The number of benzene rings is 1. The first-order chi connectivity index (χ1) is 12.0. The Balaban J connectivity index is 2.20. The van der Waals surface area contributed by atoms with Crippen molar-refractivity contribution >= 4 is 17.3 Å². The van der Waals surface area contributed by atoms with Gasteiger partial charge >= 0.3 is 0 Å². The number of carbonyl (C=O) groups is 1. The minimum absolute atomic E-state index is 0.0643. The third-order valence-corrected chi connectivity index (χ3v) is 4.33. The summed E-state index contributed by atoms with van der Waals surface area (Å²) in [6, 6.07) is 11.1. The predicted octanol–water partition coefficient (Wildman–Crippen LogP) is 2.38. The number of nitrogens with two attached hydrogens (primary N) is 1. The molecule has 0 saturated carbocycles. The van der Waals surface area contributed by atoms with Crippen LogP contribution >= 0.6 is 0 Å². The maximum Gasteiger partial charge on any atom is 0.217 e. The lowest BCUT2D eigenvalue weighted by Gasteiger charge is -2.35. The Labute approximate surface area is 148 Å². The van der Waals surface area contributed by atoms with E-state index in [1.165, 1.54) is 0 Å². The summed E-state index contributed by atoms with van der Waals surface area (Å²) in [5.41, 5.74) is 7.30. The van der Waals surface area contributed by atoms with Gasteiger partial charge in [0.2, 0.25) is 5.91 Å². The lowest BCUT2D eigenvalue weighted by Crippen LogP contribution is -2.43. The first-order valence-corrected chi connectivity index (χ1v) is 8.46. The first kappa shape index (κ1) is 18.6. The number of pyridine rings is 1. The van der Waals surface area contributed by atoms with Crippen LogP contribution in [0.3, 0.4) is 0 Å². The number of rotatable bonds is 9. The molecule has 1 aromatic heterocycles. The average Bonchev–Trinajstić information content (AvgIpc) is 2.62. The highest BCUT2D eigenvalue weighted by atomic mass is 16.3. The Hall–Kier alpha value is -2.76. The quantitative estimate of drug-likeness (QED) is 0.731. The molecule has 25 heavy (non-hydrogen) atoms. The molecule has 3 N–H and O–H groups in total. The number of anilines is 2. The van der Waals surface area contributed by atoms with Crippen LogP contribution in [-0.2, 0) is 4.79 Å². The molecule has 0 aliphatic heterocycles. The van der Waals surface area contributed by atoms with Gasteiger partial charge in [-0.15, -0.1) is 0 Å². The van der Waals surface area contributed by atoms with Gasteiger partial charge in [0.1, 0.15) is 5.75 Å². The van der Waals surface area contributed by atoms with Crippen LogP contribution in [0, 0.1) is 0 Å². The van der Waals surface area contributed by atoms with Crippen molar-refractivity contribution in [2.45, 2.75) is 25.8 Å². The van der Waals surface area contributed by atoms with Crippen molar-refractivity contribution in [1.82, 2.24) is 4.98 Å². The van der Waals surface area contributed by atoms with Gasteiger partial charge in [0, 0.05) is 50.6 Å². The van der Waals surface area contributed by atoms with Crippen molar-refractivity contribution in [3.05, 3.63) is 48.8 Å². The van der Waals surface area contributed by atoms with E-state index in [0.717, 1.165) is 24.5 Å². The summed E-state index contributed by atoms with van der Waals surface area (Å²) in [6.07, 6.45) is 4.54. The third-order valence-electron chi connectivity index (χ3n) is 4.33. The fourth-order valence-corrected chi connectivity index (χ4v) is 2.85. The maximum atomic E-state index is 11.3. The van der Waals surface area contributed by atoms with Crippen molar-refractivity contribution in [3.8, 4) is 5.75 Å². The Kier molecular flexibility index (Phi) is 6.62. The van der Waals surface area contributed by atoms with Gasteiger partial charge in [-0.1, -0.05) is 6.07 Å². The zero-order chi connectivity index (χ0) is 18.2. The first-order valence-electron chi connectivity index (χ1n) is 8.46. The topological polar surface area (TPSA) is 82.7 Å². The van der Waals surface area contributed by atoms with Crippen LogP contribution < -0.4 is 15.5 Å². The van der Waals surface area contributed by atoms with E-state index in [0.29, 0.717) is 12.8 Å². The molecule has 0 fully saturated rings. The Morgan fingerprint density at radius 2 is 2.04 bits per heavy atom. The van der Waals surface area contributed by atoms with E-state index in [1.807, 2.05) is 37.5 Å². The number of primary amides is 1. The molecule has 0 aliphatic carbocycles. The standard InChI is InChI=1S/C19H26N4O2/c1-3-23(16-7-5-11-21-13-16)14-17(9-10-19(20)25)22(2)15-6-4-8-18(24)12-15/h4-8,11-13,17,24H,3,9-10,14H2,1-2H3,(H2,20,25).